The van der Waals surface area contributed by atoms with Crippen LogP contribution < -0.4 is 4.57 Å². The molecule has 0 aliphatic rings. The van der Waals surface area contributed by atoms with Gasteiger partial charge >= 0.3 is 5.97 Å². The van der Waals surface area contributed by atoms with E-state index in [1.807, 2.05) is 0 Å². The van der Waals surface area contributed by atoms with E-state index in [1.54, 1.807) is 17.0 Å². The summed E-state index contributed by atoms with van der Waals surface area (Å²) in [4.78, 5) is 10.4. The first-order valence-electron chi connectivity index (χ1n) is 3.57. The Morgan fingerprint density at radius 1 is 1.42 bits per heavy atom. The standard InChI is InChI=1S/C8H9NO3/c10-6-5-9-3-1-7(2-4-9)8(11)12/h1-4,10H,5-6H2/p+1. The third-order valence-corrected chi connectivity index (χ3v) is 1.50. The normalized spacial score (nSPS) is 9.75. The first kappa shape index (κ1) is 8.67. The summed E-state index contributed by atoms with van der Waals surface area (Å²) >= 11 is 0. The van der Waals surface area contributed by atoms with E-state index in [0.717, 1.165) is 0 Å². The summed E-state index contributed by atoms with van der Waals surface area (Å²) in [5.41, 5.74) is 0.254. The van der Waals surface area contributed by atoms with E-state index < -0.39 is 5.97 Å². The van der Waals surface area contributed by atoms with Gasteiger partial charge in [-0.05, 0) is 0 Å². The molecule has 4 heteroatoms. The molecule has 1 rings (SSSR count). The van der Waals surface area contributed by atoms with Gasteiger partial charge in [0.25, 0.3) is 0 Å². The van der Waals surface area contributed by atoms with Crippen molar-refractivity contribution in [3.8, 4) is 0 Å². The van der Waals surface area contributed by atoms with Crippen molar-refractivity contribution in [2.45, 2.75) is 6.54 Å². The highest BCUT2D eigenvalue weighted by Gasteiger charge is 2.04. The second-order valence-electron chi connectivity index (χ2n) is 2.35. The lowest BCUT2D eigenvalue weighted by molar-refractivity contribution is -0.698. The predicted molar refractivity (Wildman–Crippen MR) is 40.7 cm³/mol. The van der Waals surface area contributed by atoms with Gasteiger partial charge in [-0.2, -0.15) is 0 Å². The van der Waals surface area contributed by atoms with Crippen LogP contribution in [0.1, 0.15) is 10.4 Å². The lowest BCUT2D eigenvalue weighted by Crippen LogP contribution is -2.34. The molecule has 1 heterocycles. The molecule has 0 unspecified atom stereocenters. The van der Waals surface area contributed by atoms with E-state index in [9.17, 15) is 4.79 Å². The molecule has 0 saturated heterocycles. The van der Waals surface area contributed by atoms with Crippen molar-refractivity contribution in [3.05, 3.63) is 30.1 Å². The molecule has 0 atom stereocenters. The van der Waals surface area contributed by atoms with Crippen LogP contribution in [-0.4, -0.2) is 22.8 Å². The summed E-state index contributed by atoms with van der Waals surface area (Å²) in [7, 11) is 0. The number of aliphatic hydroxyl groups excluding tert-OH is 1. The predicted octanol–water partition coefficient (Wildman–Crippen LogP) is -0.335. The molecule has 0 aromatic carbocycles. The third kappa shape index (κ3) is 2.03. The Kier molecular flexibility index (Phi) is 2.76. The van der Waals surface area contributed by atoms with Crippen molar-refractivity contribution < 1.29 is 19.6 Å². The van der Waals surface area contributed by atoms with E-state index in [-0.39, 0.29) is 12.2 Å². The number of aromatic carboxylic acids is 1. The Morgan fingerprint density at radius 2 is 2.00 bits per heavy atom. The number of hydrogen-bond acceptors (Lipinski definition) is 2. The zero-order chi connectivity index (χ0) is 8.97. The fraction of sp³-hybridized carbons (Fsp3) is 0.250. The largest absolute Gasteiger partial charge is 0.478 e. The average molecular weight is 168 g/mol. The van der Waals surface area contributed by atoms with Gasteiger partial charge in [0.2, 0.25) is 0 Å². The monoisotopic (exact) mass is 168 g/mol. The second-order valence-corrected chi connectivity index (χ2v) is 2.35. The number of rotatable bonds is 3. The van der Waals surface area contributed by atoms with Crippen LogP contribution >= 0.6 is 0 Å². The molecule has 0 aliphatic carbocycles. The minimum atomic E-state index is -0.939. The molecule has 0 fully saturated rings. The van der Waals surface area contributed by atoms with E-state index in [2.05, 4.69) is 0 Å². The van der Waals surface area contributed by atoms with Crippen LogP contribution in [0, 0.1) is 0 Å². The lowest BCUT2D eigenvalue weighted by atomic mass is 10.3. The fourth-order valence-corrected chi connectivity index (χ4v) is 0.864. The molecule has 64 valence electrons. The Hall–Kier alpha value is -1.42. The van der Waals surface area contributed by atoms with Gasteiger partial charge in [-0.25, -0.2) is 9.36 Å². The zero-order valence-electron chi connectivity index (χ0n) is 6.47. The first-order chi connectivity index (χ1) is 5.74. The summed E-state index contributed by atoms with van der Waals surface area (Å²) < 4.78 is 1.71. The maximum atomic E-state index is 10.4. The number of carboxylic acid groups (broad SMARTS) is 1. The van der Waals surface area contributed by atoms with E-state index in [0.29, 0.717) is 6.54 Å². The van der Waals surface area contributed by atoms with Crippen LogP contribution in [0.15, 0.2) is 24.5 Å². The highest BCUT2D eigenvalue weighted by Crippen LogP contribution is 1.93. The van der Waals surface area contributed by atoms with Gasteiger partial charge in [0.05, 0.1) is 5.56 Å². The number of carboxylic acids is 1. The molecule has 4 nitrogen and oxygen atoms in total. The molecule has 0 radical (unpaired) electrons. The maximum absolute atomic E-state index is 10.4. The molecule has 1 aromatic rings. The Morgan fingerprint density at radius 3 is 2.42 bits per heavy atom. The van der Waals surface area contributed by atoms with Crippen LogP contribution in [0.25, 0.3) is 0 Å². The fourth-order valence-electron chi connectivity index (χ4n) is 0.864. The minimum Gasteiger partial charge on any atom is -0.478 e. The quantitative estimate of drug-likeness (QED) is 0.607. The van der Waals surface area contributed by atoms with Crippen molar-refractivity contribution >= 4 is 5.97 Å². The Bertz CT molecular complexity index is 268. The Balaban J connectivity index is 2.78. The summed E-state index contributed by atoms with van der Waals surface area (Å²) in [5, 5.41) is 17.1. The molecular weight excluding hydrogens is 158 g/mol. The number of nitrogens with zero attached hydrogens (tertiary/aromatic N) is 1. The first-order valence-corrected chi connectivity index (χ1v) is 3.57. The lowest BCUT2D eigenvalue weighted by Gasteiger charge is -1.93. The van der Waals surface area contributed by atoms with Gasteiger partial charge in [0.1, 0.15) is 6.61 Å². The highest BCUT2D eigenvalue weighted by atomic mass is 16.4. The topological polar surface area (TPSA) is 61.4 Å². The summed E-state index contributed by atoms with van der Waals surface area (Å²) in [6.45, 7) is 0.539. The molecule has 0 saturated carbocycles. The number of aromatic nitrogens is 1. The van der Waals surface area contributed by atoms with Gasteiger partial charge in [-0.3, -0.25) is 0 Å². The van der Waals surface area contributed by atoms with Crippen molar-refractivity contribution in [1.29, 1.82) is 0 Å². The molecule has 1 aromatic heterocycles. The number of aliphatic hydroxyl groups is 1. The average Bonchev–Trinajstić information content (AvgIpc) is 2.06. The van der Waals surface area contributed by atoms with Crippen LogP contribution in [0.3, 0.4) is 0 Å². The van der Waals surface area contributed by atoms with Crippen molar-refractivity contribution in [2.24, 2.45) is 0 Å². The SMILES string of the molecule is O=C(O)c1cc[n+](CCO)cc1. The zero-order valence-corrected chi connectivity index (χ0v) is 6.47. The van der Waals surface area contributed by atoms with Crippen molar-refractivity contribution in [2.75, 3.05) is 6.61 Å². The van der Waals surface area contributed by atoms with Crippen LogP contribution in [-0.2, 0) is 6.54 Å². The second kappa shape index (κ2) is 3.82. The number of hydrogen-bond donors (Lipinski definition) is 2. The Labute approximate surface area is 69.7 Å². The smallest absolute Gasteiger partial charge is 0.336 e. The minimum absolute atomic E-state index is 0.0527. The van der Waals surface area contributed by atoms with Gasteiger partial charge < -0.3 is 10.2 Å². The molecule has 0 bridgehead atoms. The van der Waals surface area contributed by atoms with Gasteiger partial charge in [0.15, 0.2) is 18.9 Å². The summed E-state index contributed by atoms with van der Waals surface area (Å²) in [5.74, 6) is -0.939. The molecule has 2 N–H and O–H groups in total. The van der Waals surface area contributed by atoms with E-state index >= 15 is 0 Å². The molecule has 0 amide bonds. The van der Waals surface area contributed by atoms with Crippen LogP contribution in [0.5, 0.6) is 0 Å². The number of carbonyl (C=O) groups is 1. The molecule has 12 heavy (non-hydrogen) atoms. The van der Waals surface area contributed by atoms with Crippen LogP contribution in [0.4, 0.5) is 0 Å². The third-order valence-electron chi connectivity index (χ3n) is 1.50. The van der Waals surface area contributed by atoms with Gasteiger partial charge in [-0.15, -0.1) is 0 Å². The van der Waals surface area contributed by atoms with E-state index in [4.69, 9.17) is 10.2 Å². The maximum Gasteiger partial charge on any atom is 0.336 e. The molecular formula is C8H10NO3+. The summed E-state index contributed by atoms with van der Waals surface area (Å²) in [6.07, 6.45) is 3.25. The van der Waals surface area contributed by atoms with Crippen molar-refractivity contribution in [1.82, 2.24) is 0 Å². The van der Waals surface area contributed by atoms with Gasteiger partial charge in [-0.1, -0.05) is 0 Å². The van der Waals surface area contributed by atoms with E-state index in [1.165, 1.54) is 12.1 Å². The van der Waals surface area contributed by atoms with Gasteiger partial charge in [0, 0.05) is 12.1 Å². The molecule has 0 spiro atoms. The van der Waals surface area contributed by atoms with Crippen molar-refractivity contribution in [3.63, 3.8) is 0 Å². The number of pyridine rings is 1. The summed E-state index contributed by atoms with van der Waals surface area (Å²) in [6, 6.07) is 3.00. The van der Waals surface area contributed by atoms with Crippen LogP contribution in [0.2, 0.25) is 0 Å². The molecule has 0 aliphatic heterocycles. The highest BCUT2D eigenvalue weighted by molar-refractivity contribution is 5.87.